The fourth-order valence-corrected chi connectivity index (χ4v) is 0.500. The van der Waals surface area contributed by atoms with Gasteiger partial charge in [-0.1, -0.05) is 17.7 Å². The zero-order chi connectivity index (χ0) is 5.28. The quantitative estimate of drug-likeness (QED) is 0.521. The maximum absolute atomic E-state index is 4.00. The predicted octanol–water partition coefficient (Wildman–Crippen LogP) is 0.653. The molecule has 0 amide bonds. The van der Waals surface area contributed by atoms with Crippen LogP contribution < -0.4 is 4.98 Å². The SMILES string of the molecule is Cc1cnc(C)[n-]1.[Zn]. The molecule has 0 aliphatic heterocycles. The Morgan fingerprint density at radius 2 is 2.12 bits per heavy atom. The standard InChI is InChI=1S/C5H7N2.Zn/c1-4-3-6-5(2)7-4;/h3H,1-2H3;/q-1;. The molecule has 1 rings (SSSR count). The number of hydrogen-bond donors (Lipinski definition) is 0. The number of hydrogen-bond acceptors (Lipinski definition) is 1. The van der Waals surface area contributed by atoms with E-state index in [0.29, 0.717) is 0 Å². The largest absolute Gasteiger partial charge is 0.447 e. The normalized spacial score (nSPS) is 8.25. The first-order valence-electron chi connectivity index (χ1n) is 2.22. The van der Waals surface area contributed by atoms with Crippen LogP contribution in [0.1, 0.15) is 11.5 Å². The molecule has 0 unspecified atom stereocenters. The van der Waals surface area contributed by atoms with Gasteiger partial charge < -0.3 is 9.97 Å². The van der Waals surface area contributed by atoms with Gasteiger partial charge in [0.05, 0.1) is 0 Å². The number of aromatic nitrogens is 2. The van der Waals surface area contributed by atoms with Crippen molar-refractivity contribution in [2.24, 2.45) is 0 Å². The van der Waals surface area contributed by atoms with E-state index in [0.717, 1.165) is 11.5 Å². The Hall–Kier alpha value is -0.167. The molecular weight excluding hydrogens is 153 g/mol. The van der Waals surface area contributed by atoms with Crippen molar-refractivity contribution in [3.63, 3.8) is 0 Å². The van der Waals surface area contributed by atoms with Crippen molar-refractivity contribution in [1.82, 2.24) is 9.97 Å². The van der Waals surface area contributed by atoms with Crippen molar-refractivity contribution in [2.75, 3.05) is 0 Å². The van der Waals surface area contributed by atoms with Crippen LogP contribution in [0.25, 0.3) is 0 Å². The second kappa shape index (κ2) is 2.98. The average Bonchev–Trinajstić information content (AvgIpc) is 1.87. The maximum Gasteiger partial charge on any atom is 0 e. The molecule has 0 bridgehead atoms. The van der Waals surface area contributed by atoms with Gasteiger partial charge >= 0.3 is 0 Å². The summed E-state index contributed by atoms with van der Waals surface area (Å²) in [6.07, 6.45) is 1.76. The van der Waals surface area contributed by atoms with Crippen LogP contribution in [-0.4, -0.2) is 4.98 Å². The van der Waals surface area contributed by atoms with Crippen molar-refractivity contribution in [2.45, 2.75) is 13.8 Å². The summed E-state index contributed by atoms with van der Waals surface area (Å²) < 4.78 is 0. The molecule has 1 aromatic rings. The molecule has 3 heteroatoms. The van der Waals surface area contributed by atoms with Gasteiger partial charge in [0.2, 0.25) is 0 Å². The molecule has 0 saturated carbocycles. The predicted molar refractivity (Wildman–Crippen MR) is 27.0 cm³/mol. The molecule has 0 spiro atoms. The molecule has 2 nitrogen and oxygen atoms in total. The van der Waals surface area contributed by atoms with E-state index >= 15 is 0 Å². The van der Waals surface area contributed by atoms with Crippen molar-refractivity contribution in [1.29, 1.82) is 0 Å². The van der Waals surface area contributed by atoms with Crippen molar-refractivity contribution in [3.8, 4) is 0 Å². The molecule has 0 saturated heterocycles. The van der Waals surface area contributed by atoms with Gasteiger partial charge in [-0.15, -0.1) is 0 Å². The van der Waals surface area contributed by atoms with Crippen LogP contribution in [0.2, 0.25) is 0 Å². The fourth-order valence-electron chi connectivity index (χ4n) is 0.500. The zero-order valence-corrected chi connectivity index (χ0v) is 8.15. The Morgan fingerprint density at radius 3 is 2.25 bits per heavy atom. The van der Waals surface area contributed by atoms with Gasteiger partial charge in [-0.25, -0.2) is 0 Å². The first kappa shape index (κ1) is 7.83. The number of aryl methyl sites for hydroxylation is 2. The van der Waals surface area contributed by atoms with Crippen LogP contribution in [0, 0.1) is 13.8 Å². The van der Waals surface area contributed by atoms with E-state index in [-0.39, 0.29) is 19.5 Å². The minimum Gasteiger partial charge on any atom is -0.447 e. The molecule has 0 aliphatic rings. The second-order valence-corrected chi connectivity index (χ2v) is 1.56. The van der Waals surface area contributed by atoms with Crippen LogP contribution in [0.15, 0.2) is 6.20 Å². The molecule has 0 radical (unpaired) electrons. The third kappa shape index (κ3) is 1.75. The van der Waals surface area contributed by atoms with E-state index in [9.17, 15) is 0 Å². The average molecular weight is 161 g/mol. The minimum atomic E-state index is 0. The van der Waals surface area contributed by atoms with E-state index in [1.807, 2.05) is 13.8 Å². The van der Waals surface area contributed by atoms with Gasteiger partial charge in [0.15, 0.2) is 0 Å². The number of imidazole rings is 1. The van der Waals surface area contributed by atoms with E-state index in [2.05, 4.69) is 9.97 Å². The Labute approximate surface area is 61.5 Å². The Balaban J connectivity index is 0.000000490. The van der Waals surface area contributed by atoms with Crippen molar-refractivity contribution < 1.29 is 19.5 Å². The molecule has 0 N–H and O–H groups in total. The summed E-state index contributed by atoms with van der Waals surface area (Å²) >= 11 is 0. The van der Waals surface area contributed by atoms with Crippen LogP contribution in [-0.2, 0) is 19.5 Å². The smallest absolute Gasteiger partial charge is 0 e. The summed E-state index contributed by atoms with van der Waals surface area (Å²) in [5.41, 5.74) is 0.998. The molecule has 8 heavy (non-hydrogen) atoms. The van der Waals surface area contributed by atoms with E-state index in [4.69, 9.17) is 0 Å². The van der Waals surface area contributed by atoms with Gasteiger partial charge in [0.1, 0.15) is 0 Å². The Kier molecular flexibility index (Phi) is 2.92. The van der Waals surface area contributed by atoms with E-state index < -0.39 is 0 Å². The van der Waals surface area contributed by atoms with Gasteiger partial charge in [0.25, 0.3) is 0 Å². The Morgan fingerprint density at radius 1 is 1.50 bits per heavy atom. The maximum atomic E-state index is 4.00. The van der Waals surface area contributed by atoms with Crippen molar-refractivity contribution in [3.05, 3.63) is 17.7 Å². The van der Waals surface area contributed by atoms with E-state index in [1.165, 1.54) is 0 Å². The zero-order valence-electron chi connectivity index (χ0n) is 5.18. The third-order valence-corrected chi connectivity index (χ3v) is 0.776. The second-order valence-electron chi connectivity index (χ2n) is 1.56. The summed E-state index contributed by atoms with van der Waals surface area (Å²) in [7, 11) is 0. The summed E-state index contributed by atoms with van der Waals surface area (Å²) in [6.45, 7) is 3.81. The van der Waals surface area contributed by atoms with Crippen molar-refractivity contribution >= 4 is 0 Å². The monoisotopic (exact) mass is 159 g/mol. The molecule has 0 atom stereocenters. The summed E-state index contributed by atoms with van der Waals surface area (Å²) in [5.74, 6) is 0.859. The van der Waals surface area contributed by atoms with Gasteiger partial charge in [-0.2, -0.15) is 0 Å². The van der Waals surface area contributed by atoms with Gasteiger partial charge in [-0.05, 0) is 13.8 Å². The van der Waals surface area contributed by atoms with Crippen LogP contribution in [0.4, 0.5) is 0 Å². The van der Waals surface area contributed by atoms with Gasteiger partial charge in [-0.3, -0.25) is 0 Å². The van der Waals surface area contributed by atoms with Crippen LogP contribution in [0.5, 0.6) is 0 Å². The number of rotatable bonds is 0. The first-order chi connectivity index (χ1) is 3.29. The van der Waals surface area contributed by atoms with Crippen LogP contribution in [0.3, 0.4) is 0 Å². The summed E-state index contributed by atoms with van der Waals surface area (Å²) in [5, 5.41) is 0. The first-order valence-corrected chi connectivity index (χ1v) is 2.22. The van der Waals surface area contributed by atoms with E-state index in [1.54, 1.807) is 6.20 Å². The molecule has 0 aromatic carbocycles. The Bertz CT molecular complexity index is 143. The molecule has 1 aromatic heterocycles. The van der Waals surface area contributed by atoms with Gasteiger partial charge in [0, 0.05) is 19.5 Å². The topological polar surface area (TPSA) is 27.0 Å². The third-order valence-electron chi connectivity index (χ3n) is 0.776. The fraction of sp³-hybridized carbons (Fsp3) is 0.400. The molecule has 0 fully saturated rings. The molecular formula is C5H7N2Zn-. The minimum absolute atomic E-state index is 0. The molecule has 1 heterocycles. The summed E-state index contributed by atoms with van der Waals surface area (Å²) in [4.78, 5) is 7.91. The molecule has 40 valence electrons. The summed E-state index contributed by atoms with van der Waals surface area (Å²) in [6, 6.07) is 0. The molecule has 0 aliphatic carbocycles. The van der Waals surface area contributed by atoms with Crippen LogP contribution >= 0.6 is 0 Å². The number of nitrogens with zero attached hydrogens (tertiary/aromatic N) is 2.